The Hall–Kier alpha value is -2.64. The lowest BCUT2D eigenvalue weighted by Gasteiger charge is -2.11. The SMILES string of the molecule is Cc1cc(Br)cc(C)c1OCC(=O)N/N=C/c1c(C)nn(-c2ccccc2)c1Cl. The van der Waals surface area contributed by atoms with Gasteiger partial charge in [-0.1, -0.05) is 45.7 Å². The Morgan fingerprint density at radius 1 is 1.24 bits per heavy atom. The van der Waals surface area contributed by atoms with Gasteiger partial charge in [-0.05, 0) is 56.2 Å². The van der Waals surface area contributed by atoms with E-state index in [1.165, 1.54) is 6.21 Å². The molecule has 0 aliphatic rings. The number of halogens is 2. The first-order valence-corrected chi connectivity index (χ1v) is 10.1. The number of nitrogens with zero attached hydrogens (tertiary/aromatic N) is 3. The van der Waals surface area contributed by atoms with Crippen molar-refractivity contribution >= 4 is 39.7 Å². The summed E-state index contributed by atoms with van der Waals surface area (Å²) in [5.41, 5.74) is 6.54. The van der Waals surface area contributed by atoms with Gasteiger partial charge in [-0.25, -0.2) is 10.1 Å². The maximum Gasteiger partial charge on any atom is 0.277 e. The number of amides is 1. The lowest BCUT2D eigenvalue weighted by molar-refractivity contribution is -0.123. The molecule has 0 saturated carbocycles. The molecule has 3 rings (SSSR count). The quantitative estimate of drug-likeness (QED) is 0.413. The molecule has 0 aliphatic carbocycles. The van der Waals surface area contributed by atoms with E-state index in [0.29, 0.717) is 22.2 Å². The van der Waals surface area contributed by atoms with E-state index >= 15 is 0 Å². The molecule has 1 N–H and O–H groups in total. The van der Waals surface area contributed by atoms with Crippen molar-refractivity contribution in [2.75, 3.05) is 6.61 Å². The Labute approximate surface area is 182 Å². The van der Waals surface area contributed by atoms with Gasteiger partial charge in [0.15, 0.2) is 6.61 Å². The lowest BCUT2D eigenvalue weighted by atomic mass is 10.1. The molecule has 0 atom stereocenters. The Balaban J connectivity index is 1.63. The molecule has 29 heavy (non-hydrogen) atoms. The molecule has 0 saturated heterocycles. The zero-order valence-corrected chi connectivity index (χ0v) is 18.6. The molecule has 0 fully saturated rings. The van der Waals surface area contributed by atoms with Crippen LogP contribution in [0.5, 0.6) is 5.75 Å². The second kappa shape index (κ2) is 9.24. The highest BCUT2D eigenvalue weighted by Crippen LogP contribution is 2.27. The molecule has 0 bridgehead atoms. The van der Waals surface area contributed by atoms with Crippen LogP contribution in [0.1, 0.15) is 22.4 Å². The standard InChI is InChI=1S/C21H20BrClN4O2/c1-13-9-16(22)10-14(2)20(13)29-12-19(28)25-24-11-18-15(3)26-27(21(18)23)17-7-5-4-6-8-17/h4-11H,12H2,1-3H3,(H,25,28)/b24-11+. The predicted molar refractivity (Wildman–Crippen MR) is 118 cm³/mol. The molecule has 0 unspecified atom stereocenters. The average molecular weight is 476 g/mol. The van der Waals surface area contributed by atoms with Gasteiger partial charge < -0.3 is 4.74 Å². The van der Waals surface area contributed by atoms with Crippen LogP contribution in [0.3, 0.4) is 0 Å². The summed E-state index contributed by atoms with van der Waals surface area (Å²) >= 11 is 9.88. The number of para-hydroxylation sites is 1. The van der Waals surface area contributed by atoms with E-state index < -0.39 is 0 Å². The van der Waals surface area contributed by atoms with Crippen LogP contribution in [-0.4, -0.2) is 28.5 Å². The Morgan fingerprint density at radius 2 is 1.90 bits per heavy atom. The van der Waals surface area contributed by atoms with Gasteiger partial charge in [-0.3, -0.25) is 4.79 Å². The fraction of sp³-hybridized carbons (Fsp3) is 0.190. The molecule has 150 valence electrons. The maximum atomic E-state index is 12.1. The Kier molecular flexibility index (Phi) is 6.71. The monoisotopic (exact) mass is 474 g/mol. The van der Waals surface area contributed by atoms with E-state index in [0.717, 1.165) is 21.3 Å². The molecular weight excluding hydrogens is 456 g/mol. The van der Waals surface area contributed by atoms with Crippen molar-refractivity contribution in [1.29, 1.82) is 0 Å². The molecule has 0 aliphatic heterocycles. The third-order valence-corrected chi connectivity index (χ3v) is 5.03. The van der Waals surface area contributed by atoms with Crippen molar-refractivity contribution in [2.45, 2.75) is 20.8 Å². The molecule has 1 aromatic heterocycles. The van der Waals surface area contributed by atoms with Gasteiger partial charge in [0.2, 0.25) is 0 Å². The van der Waals surface area contributed by atoms with Crippen LogP contribution in [0.25, 0.3) is 5.69 Å². The third kappa shape index (κ3) is 5.05. The van der Waals surface area contributed by atoms with Crippen LogP contribution < -0.4 is 10.2 Å². The summed E-state index contributed by atoms with van der Waals surface area (Å²) in [6.45, 7) is 5.55. The van der Waals surface area contributed by atoms with Crippen molar-refractivity contribution < 1.29 is 9.53 Å². The second-order valence-corrected chi connectivity index (χ2v) is 7.76. The number of aromatic nitrogens is 2. The zero-order valence-electron chi connectivity index (χ0n) is 16.2. The van der Waals surface area contributed by atoms with Gasteiger partial charge in [0, 0.05) is 4.47 Å². The van der Waals surface area contributed by atoms with E-state index in [1.54, 1.807) is 4.68 Å². The number of aryl methyl sites for hydroxylation is 3. The number of benzene rings is 2. The molecular formula is C21H20BrClN4O2. The largest absolute Gasteiger partial charge is 0.483 e. The summed E-state index contributed by atoms with van der Waals surface area (Å²) in [4.78, 5) is 12.1. The van der Waals surface area contributed by atoms with Gasteiger partial charge in [-0.2, -0.15) is 10.2 Å². The third-order valence-electron chi connectivity index (χ3n) is 4.20. The molecule has 8 heteroatoms. The highest BCUT2D eigenvalue weighted by atomic mass is 79.9. The van der Waals surface area contributed by atoms with Crippen molar-refractivity contribution in [3.8, 4) is 11.4 Å². The van der Waals surface area contributed by atoms with Gasteiger partial charge >= 0.3 is 0 Å². The first-order chi connectivity index (χ1) is 13.9. The zero-order chi connectivity index (χ0) is 21.0. The molecule has 1 heterocycles. The number of hydrogen-bond acceptors (Lipinski definition) is 4. The van der Waals surface area contributed by atoms with Crippen molar-refractivity contribution in [3.05, 3.63) is 74.5 Å². The van der Waals surface area contributed by atoms with E-state index in [2.05, 4.69) is 31.6 Å². The fourth-order valence-electron chi connectivity index (χ4n) is 2.86. The first-order valence-electron chi connectivity index (χ1n) is 8.89. The summed E-state index contributed by atoms with van der Waals surface area (Å²) in [5.74, 6) is 0.322. The van der Waals surface area contributed by atoms with Crippen LogP contribution >= 0.6 is 27.5 Å². The topological polar surface area (TPSA) is 68.5 Å². The van der Waals surface area contributed by atoms with E-state index in [4.69, 9.17) is 16.3 Å². The smallest absolute Gasteiger partial charge is 0.277 e. The summed E-state index contributed by atoms with van der Waals surface area (Å²) in [7, 11) is 0. The van der Waals surface area contributed by atoms with Crippen molar-refractivity contribution in [2.24, 2.45) is 5.10 Å². The number of rotatable bonds is 6. The minimum absolute atomic E-state index is 0.142. The molecule has 2 aromatic carbocycles. The van der Waals surface area contributed by atoms with Gasteiger partial charge in [0.1, 0.15) is 10.9 Å². The summed E-state index contributed by atoms with van der Waals surface area (Å²) < 4.78 is 8.24. The van der Waals surface area contributed by atoms with Crippen LogP contribution in [0.15, 0.2) is 52.0 Å². The van der Waals surface area contributed by atoms with Gasteiger partial charge in [0.25, 0.3) is 5.91 Å². The number of hydrogen-bond donors (Lipinski definition) is 1. The van der Waals surface area contributed by atoms with Crippen LogP contribution in [0.4, 0.5) is 0 Å². The van der Waals surface area contributed by atoms with Crippen molar-refractivity contribution in [1.82, 2.24) is 15.2 Å². The highest BCUT2D eigenvalue weighted by Gasteiger charge is 2.13. The van der Waals surface area contributed by atoms with Gasteiger partial charge in [0.05, 0.1) is 23.2 Å². The molecule has 0 radical (unpaired) electrons. The van der Waals surface area contributed by atoms with Crippen LogP contribution in [0.2, 0.25) is 5.15 Å². The van der Waals surface area contributed by atoms with Crippen LogP contribution in [0, 0.1) is 20.8 Å². The maximum absolute atomic E-state index is 12.1. The van der Waals surface area contributed by atoms with E-state index in [-0.39, 0.29) is 12.5 Å². The van der Waals surface area contributed by atoms with E-state index in [9.17, 15) is 4.79 Å². The Morgan fingerprint density at radius 3 is 2.55 bits per heavy atom. The Bertz CT molecular complexity index is 1040. The number of ether oxygens (including phenoxy) is 1. The van der Waals surface area contributed by atoms with Gasteiger partial charge in [-0.15, -0.1) is 0 Å². The van der Waals surface area contributed by atoms with Crippen LogP contribution in [-0.2, 0) is 4.79 Å². The number of carbonyl (C=O) groups excluding carboxylic acids is 1. The first kappa shape index (κ1) is 21.1. The lowest BCUT2D eigenvalue weighted by Crippen LogP contribution is -2.25. The molecule has 3 aromatic rings. The second-order valence-electron chi connectivity index (χ2n) is 6.49. The minimum Gasteiger partial charge on any atom is -0.483 e. The summed E-state index contributed by atoms with van der Waals surface area (Å²) in [6, 6.07) is 13.4. The fourth-order valence-corrected chi connectivity index (χ4v) is 3.87. The number of carbonyl (C=O) groups is 1. The number of nitrogens with one attached hydrogen (secondary N) is 1. The molecule has 1 amide bonds. The summed E-state index contributed by atoms with van der Waals surface area (Å²) in [5, 5.41) is 8.84. The van der Waals surface area contributed by atoms with E-state index in [1.807, 2.05) is 63.2 Å². The highest BCUT2D eigenvalue weighted by molar-refractivity contribution is 9.10. The predicted octanol–water partition coefficient (Wildman–Crippen LogP) is 4.74. The average Bonchev–Trinajstić information content (AvgIpc) is 2.96. The molecule has 6 nitrogen and oxygen atoms in total. The molecule has 0 spiro atoms. The van der Waals surface area contributed by atoms with Crippen molar-refractivity contribution in [3.63, 3.8) is 0 Å². The summed E-state index contributed by atoms with van der Waals surface area (Å²) in [6.07, 6.45) is 1.48. The normalized spacial score (nSPS) is 11.1. The number of hydrazone groups is 1. The minimum atomic E-state index is -0.368.